The lowest BCUT2D eigenvalue weighted by Crippen LogP contribution is -2.34. The number of thioether (sulfide) groups is 1. The molecule has 1 heterocycles. The second-order valence-corrected chi connectivity index (χ2v) is 4.96. The molecule has 0 aliphatic rings. The molecular formula is C10H15N3O4S. The molecule has 0 saturated carbocycles. The van der Waals surface area contributed by atoms with E-state index in [1.807, 2.05) is 6.92 Å². The number of carboxylic acids is 1. The summed E-state index contributed by atoms with van der Waals surface area (Å²) in [5.41, 5.74) is -1.72. The van der Waals surface area contributed by atoms with Gasteiger partial charge in [0.25, 0.3) is 0 Å². The van der Waals surface area contributed by atoms with E-state index in [2.05, 4.69) is 10.1 Å². The van der Waals surface area contributed by atoms with Crippen molar-refractivity contribution in [1.29, 1.82) is 0 Å². The first-order chi connectivity index (χ1) is 8.45. The average Bonchev–Trinajstić information content (AvgIpc) is 2.30. The molecule has 0 radical (unpaired) electrons. The summed E-state index contributed by atoms with van der Waals surface area (Å²) in [7, 11) is 1.51. The number of aromatic nitrogens is 3. The van der Waals surface area contributed by atoms with Crippen molar-refractivity contribution < 1.29 is 9.90 Å². The number of aromatic amines is 1. The molecule has 0 spiro atoms. The number of hydrogen-bond acceptors (Lipinski definition) is 5. The third kappa shape index (κ3) is 3.73. The van der Waals surface area contributed by atoms with Gasteiger partial charge in [0, 0.05) is 7.05 Å². The van der Waals surface area contributed by atoms with Crippen LogP contribution < -0.4 is 11.1 Å². The van der Waals surface area contributed by atoms with Crippen molar-refractivity contribution in [3.05, 3.63) is 20.7 Å². The summed E-state index contributed by atoms with van der Waals surface area (Å²) in [5, 5.41) is 10.9. The number of nitrogens with zero attached hydrogens (tertiary/aromatic N) is 2. The van der Waals surface area contributed by atoms with Gasteiger partial charge in [0.2, 0.25) is 0 Å². The Labute approximate surface area is 107 Å². The Kier molecular flexibility index (Phi) is 5.14. The normalized spacial score (nSPS) is 12.3. The van der Waals surface area contributed by atoms with Gasteiger partial charge in [-0.25, -0.2) is 0 Å². The highest BCUT2D eigenvalue weighted by Crippen LogP contribution is 2.23. The largest absolute Gasteiger partial charge is 0.480 e. The smallest absolute Gasteiger partial charge is 0.339 e. The number of carboxylic acid groups (broad SMARTS) is 1. The van der Waals surface area contributed by atoms with Crippen molar-refractivity contribution in [2.24, 2.45) is 7.05 Å². The van der Waals surface area contributed by atoms with Gasteiger partial charge in [-0.1, -0.05) is 31.5 Å². The fourth-order valence-electron chi connectivity index (χ4n) is 1.32. The summed E-state index contributed by atoms with van der Waals surface area (Å²) in [6, 6.07) is 0. The van der Waals surface area contributed by atoms with Gasteiger partial charge in [0.05, 0.1) is 0 Å². The molecule has 0 aliphatic carbocycles. The molecule has 0 aliphatic heterocycles. The fraction of sp³-hybridized carbons (Fsp3) is 0.600. The zero-order valence-corrected chi connectivity index (χ0v) is 11.0. The second kappa shape index (κ2) is 6.39. The topological polar surface area (TPSA) is 105 Å². The third-order valence-corrected chi connectivity index (χ3v) is 3.59. The number of aryl methyl sites for hydroxylation is 1. The number of aliphatic carboxylic acids is 1. The standard InChI is InChI=1S/C10H15N3O4S/c1-3-4-5-6(9(16)17)18-10-11-7(14)8(15)12-13(10)2/h6H,3-5H2,1-2H3,(H,12,15)(H,16,17). The van der Waals surface area contributed by atoms with Gasteiger partial charge in [-0.05, 0) is 6.42 Å². The quantitative estimate of drug-likeness (QED) is 0.567. The Balaban J connectivity index is 2.93. The van der Waals surface area contributed by atoms with Crippen LogP contribution in [0.4, 0.5) is 0 Å². The molecule has 1 aromatic rings. The molecule has 1 unspecified atom stereocenters. The Morgan fingerprint density at radius 3 is 2.78 bits per heavy atom. The first kappa shape index (κ1) is 14.5. The highest BCUT2D eigenvalue weighted by molar-refractivity contribution is 8.00. The molecule has 18 heavy (non-hydrogen) atoms. The van der Waals surface area contributed by atoms with Crippen LogP contribution in [0.5, 0.6) is 0 Å². The molecule has 100 valence electrons. The summed E-state index contributed by atoms with van der Waals surface area (Å²) in [5.74, 6) is -0.950. The van der Waals surface area contributed by atoms with Crippen LogP contribution in [0.2, 0.25) is 0 Å². The lowest BCUT2D eigenvalue weighted by molar-refractivity contribution is -0.136. The van der Waals surface area contributed by atoms with Crippen molar-refractivity contribution in [1.82, 2.24) is 14.8 Å². The Bertz CT molecular complexity index is 537. The summed E-state index contributed by atoms with van der Waals surface area (Å²) in [4.78, 5) is 36.8. The fourth-order valence-corrected chi connectivity index (χ4v) is 2.29. The predicted octanol–water partition coefficient (Wildman–Crippen LogP) is 0.204. The highest BCUT2D eigenvalue weighted by atomic mass is 32.2. The van der Waals surface area contributed by atoms with E-state index in [1.54, 1.807) is 0 Å². The lowest BCUT2D eigenvalue weighted by atomic mass is 10.2. The summed E-state index contributed by atoms with van der Waals surface area (Å²) >= 11 is 0.968. The van der Waals surface area contributed by atoms with E-state index in [1.165, 1.54) is 11.7 Å². The second-order valence-electron chi connectivity index (χ2n) is 3.79. The predicted molar refractivity (Wildman–Crippen MR) is 66.9 cm³/mol. The first-order valence-electron chi connectivity index (χ1n) is 5.52. The van der Waals surface area contributed by atoms with Crippen LogP contribution in [-0.4, -0.2) is 31.1 Å². The van der Waals surface area contributed by atoms with E-state index in [9.17, 15) is 14.4 Å². The molecular weight excluding hydrogens is 258 g/mol. The molecule has 1 rings (SSSR count). The number of H-pyrrole nitrogens is 1. The Morgan fingerprint density at radius 1 is 1.56 bits per heavy atom. The van der Waals surface area contributed by atoms with Crippen LogP contribution in [-0.2, 0) is 11.8 Å². The van der Waals surface area contributed by atoms with E-state index in [0.717, 1.165) is 24.6 Å². The van der Waals surface area contributed by atoms with Gasteiger partial charge < -0.3 is 5.11 Å². The van der Waals surface area contributed by atoms with Crippen molar-refractivity contribution in [3.8, 4) is 0 Å². The van der Waals surface area contributed by atoms with Crippen LogP contribution in [0.1, 0.15) is 26.2 Å². The van der Waals surface area contributed by atoms with E-state index in [0.29, 0.717) is 6.42 Å². The minimum absolute atomic E-state index is 0.197. The van der Waals surface area contributed by atoms with E-state index in [4.69, 9.17) is 5.11 Å². The number of carbonyl (C=O) groups is 1. The maximum Gasteiger partial charge on any atom is 0.339 e. The lowest BCUT2D eigenvalue weighted by Gasteiger charge is -2.12. The van der Waals surface area contributed by atoms with E-state index < -0.39 is 22.3 Å². The number of hydrogen-bond donors (Lipinski definition) is 2. The number of rotatable bonds is 6. The molecule has 8 heteroatoms. The van der Waals surface area contributed by atoms with E-state index in [-0.39, 0.29) is 5.16 Å². The van der Waals surface area contributed by atoms with Gasteiger partial charge in [-0.2, -0.15) is 4.98 Å². The maximum absolute atomic E-state index is 11.1. The van der Waals surface area contributed by atoms with Crippen molar-refractivity contribution in [3.63, 3.8) is 0 Å². The first-order valence-corrected chi connectivity index (χ1v) is 6.40. The van der Waals surface area contributed by atoms with Crippen LogP contribution in [0, 0.1) is 0 Å². The van der Waals surface area contributed by atoms with Crippen LogP contribution >= 0.6 is 11.8 Å². The van der Waals surface area contributed by atoms with Crippen LogP contribution in [0.3, 0.4) is 0 Å². The van der Waals surface area contributed by atoms with Gasteiger partial charge in [0.1, 0.15) is 5.25 Å². The van der Waals surface area contributed by atoms with Crippen LogP contribution in [0.25, 0.3) is 0 Å². The zero-order chi connectivity index (χ0) is 13.7. The molecule has 0 saturated heterocycles. The maximum atomic E-state index is 11.1. The molecule has 7 nitrogen and oxygen atoms in total. The van der Waals surface area contributed by atoms with Gasteiger partial charge in [0.15, 0.2) is 5.16 Å². The molecule has 1 aromatic heterocycles. The SMILES string of the molecule is CCCCC(Sc1nc(=O)c(=O)[nH]n1C)C(=O)O. The Hall–Kier alpha value is -1.57. The Morgan fingerprint density at radius 2 is 2.22 bits per heavy atom. The molecule has 1 atom stereocenters. The van der Waals surface area contributed by atoms with Gasteiger partial charge in [-0.15, -0.1) is 0 Å². The van der Waals surface area contributed by atoms with Crippen LogP contribution in [0.15, 0.2) is 14.7 Å². The third-order valence-electron chi connectivity index (χ3n) is 2.29. The van der Waals surface area contributed by atoms with Gasteiger partial charge in [-0.3, -0.25) is 24.2 Å². The number of nitrogens with one attached hydrogen (secondary N) is 1. The number of unbranched alkanes of at least 4 members (excludes halogenated alkanes) is 1. The van der Waals surface area contributed by atoms with Gasteiger partial charge >= 0.3 is 17.1 Å². The van der Waals surface area contributed by atoms with Crippen molar-refractivity contribution >= 4 is 17.7 Å². The molecule has 0 aromatic carbocycles. The van der Waals surface area contributed by atoms with Crippen molar-refractivity contribution in [2.75, 3.05) is 0 Å². The minimum Gasteiger partial charge on any atom is -0.480 e. The summed E-state index contributed by atoms with van der Waals surface area (Å²) in [6.07, 6.45) is 2.16. The molecule has 2 N–H and O–H groups in total. The zero-order valence-electron chi connectivity index (χ0n) is 10.2. The highest BCUT2D eigenvalue weighted by Gasteiger charge is 2.20. The monoisotopic (exact) mass is 273 g/mol. The molecule has 0 bridgehead atoms. The molecule has 0 fully saturated rings. The average molecular weight is 273 g/mol. The summed E-state index contributed by atoms with van der Waals surface area (Å²) in [6.45, 7) is 1.97. The summed E-state index contributed by atoms with van der Waals surface area (Å²) < 4.78 is 1.26. The minimum atomic E-state index is -0.950. The van der Waals surface area contributed by atoms with Crippen molar-refractivity contribution in [2.45, 2.75) is 36.6 Å². The molecule has 0 amide bonds. The van der Waals surface area contributed by atoms with E-state index >= 15 is 0 Å².